The number of hydrogen-bond acceptors (Lipinski definition) is 5. The van der Waals surface area contributed by atoms with Crippen molar-refractivity contribution in [1.29, 1.82) is 0 Å². The van der Waals surface area contributed by atoms with Crippen LogP contribution < -0.4 is 10.1 Å². The van der Waals surface area contributed by atoms with Crippen LogP contribution in [0.1, 0.15) is 29.9 Å². The van der Waals surface area contributed by atoms with Gasteiger partial charge in [0.2, 0.25) is 5.91 Å². The van der Waals surface area contributed by atoms with Crippen LogP contribution in [0.5, 0.6) is 5.75 Å². The van der Waals surface area contributed by atoms with E-state index < -0.39 is 12.0 Å². The second-order valence-corrected chi connectivity index (χ2v) is 5.62. The van der Waals surface area contributed by atoms with E-state index in [1.807, 2.05) is 0 Å². The predicted octanol–water partition coefficient (Wildman–Crippen LogP) is 2.09. The van der Waals surface area contributed by atoms with Gasteiger partial charge in [0, 0.05) is 12.1 Å². The number of carbonyl (C=O) groups is 1. The van der Waals surface area contributed by atoms with E-state index in [2.05, 4.69) is 10.5 Å². The Morgan fingerprint density at radius 3 is 2.62 bits per heavy atom. The fourth-order valence-electron chi connectivity index (χ4n) is 2.39. The van der Waals surface area contributed by atoms with E-state index in [1.54, 1.807) is 20.8 Å². The molecule has 1 amide bonds. The molecule has 0 bridgehead atoms. The fourth-order valence-corrected chi connectivity index (χ4v) is 2.39. The number of aromatic nitrogens is 1. The second kappa shape index (κ2) is 7.92. The van der Waals surface area contributed by atoms with Gasteiger partial charge in [-0.05, 0) is 45.0 Å². The zero-order valence-electron chi connectivity index (χ0n) is 13.9. The lowest BCUT2D eigenvalue weighted by Crippen LogP contribution is -2.37. The molecule has 2 aromatic rings. The van der Waals surface area contributed by atoms with E-state index in [4.69, 9.17) is 9.26 Å². The molecule has 2 N–H and O–H groups in total. The van der Waals surface area contributed by atoms with Gasteiger partial charge in [-0.2, -0.15) is 0 Å². The molecule has 0 spiro atoms. The van der Waals surface area contributed by atoms with Crippen molar-refractivity contribution in [2.24, 2.45) is 0 Å². The fraction of sp³-hybridized carbons (Fsp3) is 0.412. The third kappa shape index (κ3) is 4.55. The topological polar surface area (TPSA) is 84.6 Å². The molecule has 130 valence electrons. The zero-order chi connectivity index (χ0) is 17.7. The lowest BCUT2D eigenvalue weighted by atomic mass is 9.99. The number of carbonyl (C=O) groups excluding carboxylic acids is 1. The van der Waals surface area contributed by atoms with Crippen LogP contribution in [0.2, 0.25) is 0 Å². The van der Waals surface area contributed by atoms with Crippen LogP contribution in [0.15, 0.2) is 28.8 Å². The molecule has 1 aromatic heterocycles. The summed E-state index contributed by atoms with van der Waals surface area (Å²) in [5.74, 6) is 0.0383. The third-order valence-corrected chi connectivity index (χ3v) is 3.68. The first kappa shape index (κ1) is 17.9. The Kier molecular flexibility index (Phi) is 5.92. The number of nitrogens with one attached hydrogen (secondary N) is 1. The van der Waals surface area contributed by atoms with Gasteiger partial charge >= 0.3 is 0 Å². The van der Waals surface area contributed by atoms with Gasteiger partial charge in [0.15, 0.2) is 0 Å². The molecule has 6 nitrogen and oxygen atoms in total. The predicted molar refractivity (Wildman–Crippen MR) is 85.3 cm³/mol. The number of nitrogens with zero attached hydrogens (tertiary/aromatic N) is 1. The maximum absolute atomic E-state index is 12.8. The summed E-state index contributed by atoms with van der Waals surface area (Å²) in [6.45, 7) is 5.33. The van der Waals surface area contributed by atoms with E-state index in [-0.39, 0.29) is 24.9 Å². The molecule has 2 atom stereocenters. The number of rotatable bonds is 7. The SMILES string of the molecule is Cc1noc(C)c1C(C)C(=O)NCC(O)COc1ccc(F)cc1. The second-order valence-electron chi connectivity index (χ2n) is 5.62. The maximum atomic E-state index is 12.8. The minimum atomic E-state index is -0.879. The molecule has 0 fully saturated rings. The minimum Gasteiger partial charge on any atom is -0.491 e. The quantitative estimate of drug-likeness (QED) is 0.809. The monoisotopic (exact) mass is 336 g/mol. The summed E-state index contributed by atoms with van der Waals surface area (Å²) in [5, 5.41) is 16.4. The Morgan fingerprint density at radius 2 is 2.04 bits per heavy atom. The van der Waals surface area contributed by atoms with Crippen molar-refractivity contribution in [3.05, 3.63) is 47.1 Å². The molecule has 2 unspecified atom stereocenters. The van der Waals surface area contributed by atoms with Gasteiger partial charge in [0.05, 0.1) is 11.6 Å². The zero-order valence-corrected chi connectivity index (χ0v) is 13.9. The van der Waals surface area contributed by atoms with Crippen molar-refractivity contribution in [3.63, 3.8) is 0 Å². The van der Waals surface area contributed by atoms with Crippen molar-refractivity contribution < 1.29 is 23.6 Å². The Labute approximate surface area is 139 Å². The Hall–Kier alpha value is -2.41. The Morgan fingerprint density at radius 1 is 1.38 bits per heavy atom. The molecular formula is C17H21FN2O4. The van der Waals surface area contributed by atoms with Crippen LogP contribution in [0, 0.1) is 19.7 Å². The summed E-state index contributed by atoms with van der Waals surface area (Å²) in [7, 11) is 0. The number of ether oxygens (including phenoxy) is 1. The Bertz CT molecular complexity index is 665. The number of halogens is 1. The highest BCUT2D eigenvalue weighted by atomic mass is 19.1. The van der Waals surface area contributed by atoms with Crippen LogP contribution in [0.4, 0.5) is 4.39 Å². The average Bonchev–Trinajstić information content (AvgIpc) is 2.90. The highest BCUT2D eigenvalue weighted by molar-refractivity contribution is 5.83. The van der Waals surface area contributed by atoms with E-state index in [0.29, 0.717) is 17.2 Å². The molecule has 0 radical (unpaired) electrons. The van der Waals surface area contributed by atoms with E-state index in [0.717, 1.165) is 5.56 Å². The van der Waals surface area contributed by atoms with Gasteiger partial charge in [-0.1, -0.05) is 5.16 Å². The summed E-state index contributed by atoms with van der Waals surface area (Å²) < 4.78 is 23.2. The van der Waals surface area contributed by atoms with Crippen molar-refractivity contribution >= 4 is 5.91 Å². The summed E-state index contributed by atoms with van der Waals surface area (Å²) in [4.78, 5) is 12.2. The number of aliphatic hydroxyl groups excluding tert-OH is 1. The Balaban J connectivity index is 1.79. The summed E-state index contributed by atoms with van der Waals surface area (Å²) in [6.07, 6.45) is -0.879. The van der Waals surface area contributed by atoms with Crippen LogP contribution >= 0.6 is 0 Å². The molecule has 24 heavy (non-hydrogen) atoms. The standard InChI is InChI=1S/C17H21FN2O4/c1-10(16-11(2)20-24-12(16)3)17(22)19-8-14(21)9-23-15-6-4-13(18)5-7-15/h4-7,10,14,21H,8-9H2,1-3H3,(H,19,22). The van der Waals surface area contributed by atoms with Crippen molar-refractivity contribution in [2.45, 2.75) is 32.8 Å². The molecule has 0 saturated carbocycles. The smallest absolute Gasteiger partial charge is 0.227 e. The van der Waals surface area contributed by atoms with Gasteiger partial charge in [-0.3, -0.25) is 4.79 Å². The molecule has 7 heteroatoms. The van der Waals surface area contributed by atoms with Gasteiger partial charge in [-0.25, -0.2) is 4.39 Å². The van der Waals surface area contributed by atoms with Crippen LogP contribution in [0.25, 0.3) is 0 Å². The number of benzene rings is 1. The largest absolute Gasteiger partial charge is 0.491 e. The lowest BCUT2D eigenvalue weighted by molar-refractivity contribution is -0.122. The van der Waals surface area contributed by atoms with Gasteiger partial charge in [-0.15, -0.1) is 0 Å². The number of hydrogen-bond donors (Lipinski definition) is 2. The minimum absolute atomic E-state index is 0.00832. The lowest BCUT2D eigenvalue weighted by Gasteiger charge is -2.16. The van der Waals surface area contributed by atoms with E-state index in [1.165, 1.54) is 24.3 Å². The summed E-state index contributed by atoms with van der Waals surface area (Å²) >= 11 is 0. The molecular weight excluding hydrogens is 315 g/mol. The molecule has 0 aliphatic carbocycles. The molecule has 2 rings (SSSR count). The van der Waals surface area contributed by atoms with Crippen LogP contribution in [0.3, 0.4) is 0 Å². The normalized spacial score (nSPS) is 13.4. The van der Waals surface area contributed by atoms with Crippen LogP contribution in [-0.2, 0) is 4.79 Å². The van der Waals surface area contributed by atoms with Crippen molar-refractivity contribution in [2.75, 3.05) is 13.2 Å². The average molecular weight is 336 g/mol. The van der Waals surface area contributed by atoms with Crippen molar-refractivity contribution in [3.8, 4) is 5.75 Å². The van der Waals surface area contributed by atoms with E-state index in [9.17, 15) is 14.3 Å². The highest BCUT2D eigenvalue weighted by Gasteiger charge is 2.23. The first-order valence-electron chi connectivity index (χ1n) is 7.65. The van der Waals surface area contributed by atoms with Crippen molar-refractivity contribution in [1.82, 2.24) is 10.5 Å². The molecule has 1 heterocycles. The molecule has 0 aliphatic rings. The summed E-state index contributed by atoms with van der Waals surface area (Å²) in [6, 6.07) is 5.49. The third-order valence-electron chi connectivity index (χ3n) is 3.68. The molecule has 0 saturated heterocycles. The number of aliphatic hydroxyl groups is 1. The maximum Gasteiger partial charge on any atom is 0.227 e. The van der Waals surface area contributed by atoms with E-state index >= 15 is 0 Å². The number of aryl methyl sites for hydroxylation is 2. The molecule has 1 aromatic carbocycles. The first-order chi connectivity index (χ1) is 11.4. The van der Waals surface area contributed by atoms with Gasteiger partial charge in [0.25, 0.3) is 0 Å². The first-order valence-corrected chi connectivity index (χ1v) is 7.65. The highest BCUT2D eigenvalue weighted by Crippen LogP contribution is 2.23. The summed E-state index contributed by atoms with van der Waals surface area (Å²) in [5.41, 5.74) is 1.43. The van der Waals surface area contributed by atoms with Crippen LogP contribution in [-0.4, -0.2) is 35.4 Å². The van der Waals surface area contributed by atoms with Gasteiger partial charge < -0.3 is 19.7 Å². The number of amides is 1. The van der Waals surface area contributed by atoms with Gasteiger partial charge in [0.1, 0.15) is 30.0 Å². The molecule has 0 aliphatic heterocycles.